The Labute approximate surface area is 141 Å². The molecule has 2 heterocycles. The zero-order valence-electron chi connectivity index (χ0n) is 12.8. The lowest BCUT2D eigenvalue weighted by molar-refractivity contribution is 0.183. The summed E-state index contributed by atoms with van der Waals surface area (Å²) in [7, 11) is -3.34. The summed E-state index contributed by atoms with van der Waals surface area (Å²) >= 11 is 1.70. The topological polar surface area (TPSA) is 40.6 Å². The van der Waals surface area contributed by atoms with Crippen LogP contribution in [0.3, 0.4) is 0 Å². The predicted molar refractivity (Wildman–Crippen MR) is 95.6 cm³/mol. The Morgan fingerprint density at radius 1 is 1.04 bits per heavy atom. The molecular formula is C17H20N2O2S2. The van der Waals surface area contributed by atoms with E-state index in [9.17, 15) is 8.42 Å². The summed E-state index contributed by atoms with van der Waals surface area (Å²) in [6.07, 6.45) is 1.66. The van der Waals surface area contributed by atoms with Crippen molar-refractivity contribution in [2.24, 2.45) is 0 Å². The molecule has 1 aliphatic heterocycles. The minimum atomic E-state index is -3.34. The van der Waals surface area contributed by atoms with Crippen LogP contribution in [0.5, 0.6) is 0 Å². The molecule has 0 spiro atoms. The van der Waals surface area contributed by atoms with Crippen LogP contribution >= 0.6 is 11.3 Å². The van der Waals surface area contributed by atoms with E-state index in [0.717, 1.165) is 25.2 Å². The number of benzene rings is 1. The first-order chi connectivity index (χ1) is 11.1. The van der Waals surface area contributed by atoms with Crippen LogP contribution in [-0.4, -0.2) is 43.8 Å². The molecule has 2 aromatic rings. The van der Waals surface area contributed by atoms with Gasteiger partial charge in [-0.25, -0.2) is 8.42 Å². The average molecular weight is 348 g/mol. The normalized spacial score (nSPS) is 17.7. The van der Waals surface area contributed by atoms with Crippen molar-refractivity contribution in [3.63, 3.8) is 0 Å². The van der Waals surface area contributed by atoms with Gasteiger partial charge >= 0.3 is 0 Å². The minimum Gasteiger partial charge on any atom is -0.296 e. The molecule has 1 aliphatic rings. The number of hydrogen-bond acceptors (Lipinski definition) is 4. The lowest BCUT2D eigenvalue weighted by Crippen LogP contribution is -2.47. The fraction of sp³-hybridized carbons (Fsp3) is 0.294. The van der Waals surface area contributed by atoms with Gasteiger partial charge in [0.05, 0.1) is 0 Å². The van der Waals surface area contributed by atoms with Crippen LogP contribution in [0.2, 0.25) is 0 Å². The van der Waals surface area contributed by atoms with Gasteiger partial charge in [0.15, 0.2) is 0 Å². The molecule has 0 atom stereocenters. The summed E-state index contributed by atoms with van der Waals surface area (Å²) < 4.78 is 26.4. The maximum Gasteiger partial charge on any atom is 0.236 e. The van der Waals surface area contributed by atoms with E-state index in [4.69, 9.17) is 0 Å². The van der Waals surface area contributed by atoms with Crippen molar-refractivity contribution in [3.05, 3.63) is 63.7 Å². The molecule has 0 saturated carbocycles. The first-order valence-electron chi connectivity index (χ1n) is 7.60. The zero-order chi connectivity index (χ0) is 16.1. The number of thiophene rings is 1. The van der Waals surface area contributed by atoms with Gasteiger partial charge in [-0.2, -0.15) is 15.6 Å². The zero-order valence-corrected chi connectivity index (χ0v) is 14.5. The molecule has 4 nitrogen and oxygen atoms in total. The predicted octanol–water partition coefficient (Wildman–Crippen LogP) is 2.87. The highest BCUT2D eigenvalue weighted by Gasteiger charge is 2.24. The third kappa shape index (κ3) is 4.51. The van der Waals surface area contributed by atoms with Gasteiger partial charge in [-0.1, -0.05) is 30.3 Å². The molecule has 1 aromatic heterocycles. The van der Waals surface area contributed by atoms with Crippen molar-refractivity contribution in [2.45, 2.75) is 6.54 Å². The molecule has 23 heavy (non-hydrogen) atoms. The molecule has 1 fully saturated rings. The number of nitrogens with zero attached hydrogens (tertiary/aromatic N) is 2. The van der Waals surface area contributed by atoms with E-state index in [1.807, 2.05) is 30.3 Å². The first-order valence-corrected chi connectivity index (χ1v) is 10.0. The van der Waals surface area contributed by atoms with Gasteiger partial charge in [-0.3, -0.25) is 4.90 Å². The molecule has 0 N–H and O–H groups in total. The number of piperazine rings is 1. The van der Waals surface area contributed by atoms with Crippen molar-refractivity contribution >= 4 is 27.4 Å². The monoisotopic (exact) mass is 348 g/mol. The van der Waals surface area contributed by atoms with Gasteiger partial charge in [0.1, 0.15) is 0 Å². The SMILES string of the molecule is O=S(=O)(/C=C/c1ccccc1)N1CCN(Cc2ccsc2)CC1. The second-order valence-corrected chi connectivity index (χ2v) is 8.16. The van der Waals surface area contributed by atoms with E-state index in [2.05, 4.69) is 21.7 Å². The van der Waals surface area contributed by atoms with Crippen molar-refractivity contribution < 1.29 is 8.42 Å². The molecule has 1 aromatic carbocycles. The van der Waals surface area contributed by atoms with Gasteiger partial charge in [0.25, 0.3) is 0 Å². The van der Waals surface area contributed by atoms with Crippen LogP contribution < -0.4 is 0 Å². The number of hydrogen-bond donors (Lipinski definition) is 0. The molecule has 0 radical (unpaired) electrons. The Kier molecular flexibility index (Phi) is 5.27. The third-order valence-corrected chi connectivity index (χ3v) is 6.21. The van der Waals surface area contributed by atoms with E-state index in [0.29, 0.717) is 13.1 Å². The van der Waals surface area contributed by atoms with E-state index in [-0.39, 0.29) is 0 Å². The summed E-state index contributed by atoms with van der Waals surface area (Å²) in [5.41, 5.74) is 2.20. The average Bonchev–Trinajstić information content (AvgIpc) is 3.08. The van der Waals surface area contributed by atoms with Gasteiger partial charge < -0.3 is 0 Å². The summed E-state index contributed by atoms with van der Waals surface area (Å²) in [5, 5.41) is 5.53. The Hall–Kier alpha value is -1.47. The number of rotatable bonds is 5. The Bertz CT molecular complexity index is 732. The minimum absolute atomic E-state index is 0.547. The highest BCUT2D eigenvalue weighted by atomic mass is 32.2. The summed E-state index contributed by atoms with van der Waals surface area (Å²) in [5.74, 6) is 0. The molecule has 6 heteroatoms. The Morgan fingerprint density at radius 2 is 1.78 bits per heavy atom. The Balaban J connectivity index is 1.57. The van der Waals surface area contributed by atoms with Crippen LogP contribution in [0, 0.1) is 0 Å². The fourth-order valence-electron chi connectivity index (χ4n) is 2.60. The maximum atomic E-state index is 12.4. The van der Waals surface area contributed by atoms with Crippen LogP contribution in [-0.2, 0) is 16.6 Å². The van der Waals surface area contributed by atoms with E-state index in [1.54, 1.807) is 21.7 Å². The van der Waals surface area contributed by atoms with Crippen molar-refractivity contribution in [1.82, 2.24) is 9.21 Å². The maximum absolute atomic E-state index is 12.4. The molecule has 1 saturated heterocycles. The van der Waals surface area contributed by atoms with Crippen molar-refractivity contribution in [3.8, 4) is 0 Å². The highest BCUT2D eigenvalue weighted by molar-refractivity contribution is 7.92. The molecule has 0 unspecified atom stereocenters. The lowest BCUT2D eigenvalue weighted by Gasteiger charge is -2.33. The van der Waals surface area contributed by atoms with E-state index < -0.39 is 10.0 Å². The summed E-state index contributed by atoms with van der Waals surface area (Å²) in [6.45, 7) is 3.54. The van der Waals surface area contributed by atoms with E-state index in [1.165, 1.54) is 11.0 Å². The standard InChI is InChI=1S/C17H20N2O2S2/c20-23(21,13-7-16-4-2-1-3-5-16)19-10-8-18(9-11-19)14-17-6-12-22-15-17/h1-7,12-13,15H,8-11,14H2/b13-7+. The van der Waals surface area contributed by atoms with Gasteiger partial charge in [-0.15, -0.1) is 0 Å². The molecule has 0 amide bonds. The Morgan fingerprint density at radius 3 is 2.43 bits per heavy atom. The second kappa shape index (κ2) is 7.40. The first kappa shape index (κ1) is 16.4. The van der Waals surface area contributed by atoms with Crippen LogP contribution in [0.25, 0.3) is 6.08 Å². The lowest BCUT2D eigenvalue weighted by atomic mass is 10.2. The second-order valence-electron chi connectivity index (χ2n) is 5.57. The number of sulfonamides is 1. The largest absolute Gasteiger partial charge is 0.296 e. The van der Waals surface area contributed by atoms with Crippen LogP contribution in [0.4, 0.5) is 0 Å². The van der Waals surface area contributed by atoms with E-state index >= 15 is 0 Å². The highest BCUT2D eigenvalue weighted by Crippen LogP contribution is 2.15. The quantitative estimate of drug-likeness (QED) is 0.834. The van der Waals surface area contributed by atoms with Crippen molar-refractivity contribution in [1.29, 1.82) is 0 Å². The van der Waals surface area contributed by atoms with Gasteiger partial charge in [0, 0.05) is 38.1 Å². The summed E-state index contributed by atoms with van der Waals surface area (Å²) in [4.78, 5) is 2.30. The molecule has 122 valence electrons. The smallest absolute Gasteiger partial charge is 0.236 e. The molecule has 0 aliphatic carbocycles. The third-order valence-electron chi connectivity index (χ3n) is 3.91. The van der Waals surface area contributed by atoms with Crippen LogP contribution in [0.15, 0.2) is 52.6 Å². The molecular weight excluding hydrogens is 328 g/mol. The fourth-order valence-corrected chi connectivity index (χ4v) is 4.43. The van der Waals surface area contributed by atoms with Gasteiger partial charge in [-0.05, 0) is 34.0 Å². The van der Waals surface area contributed by atoms with Crippen LogP contribution in [0.1, 0.15) is 11.1 Å². The molecule has 3 rings (SSSR count). The van der Waals surface area contributed by atoms with Gasteiger partial charge in [0.2, 0.25) is 10.0 Å². The van der Waals surface area contributed by atoms with Crippen molar-refractivity contribution in [2.75, 3.05) is 26.2 Å². The molecule has 0 bridgehead atoms. The summed E-state index contributed by atoms with van der Waals surface area (Å²) in [6, 6.07) is 11.6.